The molecule has 0 saturated carbocycles. The maximum atomic E-state index is 13.4. The summed E-state index contributed by atoms with van der Waals surface area (Å²) in [5.41, 5.74) is -0.732. The molecular weight excluding hydrogens is 302 g/mol. The van der Waals surface area contributed by atoms with Gasteiger partial charge in [0.05, 0.1) is 11.6 Å². The number of alkyl halides is 2. The Balaban J connectivity index is 3.24. The third kappa shape index (κ3) is 2.60. The van der Waals surface area contributed by atoms with Gasteiger partial charge < -0.3 is 9.84 Å². The van der Waals surface area contributed by atoms with Crippen LogP contribution in [0, 0.1) is 0 Å². The maximum Gasteiger partial charge on any atom is 0.379 e. The molecule has 0 unspecified atom stereocenters. The first-order valence-electron chi connectivity index (χ1n) is 4.30. The quantitative estimate of drug-likeness (QED) is 0.866. The zero-order chi connectivity index (χ0) is 13.2. The Morgan fingerprint density at radius 3 is 2.47 bits per heavy atom. The van der Waals surface area contributed by atoms with Gasteiger partial charge in [-0.2, -0.15) is 8.78 Å². The van der Waals surface area contributed by atoms with Crippen LogP contribution in [0.25, 0.3) is 0 Å². The summed E-state index contributed by atoms with van der Waals surface area (Å²) in [5.74, 6) is -8.36. The number of Topliss-reactive ketones (excluding diaryl/α,β-unsaturated/α-hetero) is 1. The Labute approximate surface area is 103 Å². The fourth-order valence-electron chi connectivity index (χ4n) is 1.12. The molecule has 0 aliphatic rings. The predicted molar refractivity (Wildman–Crippen MR) is 57.2 cm³/mol. The SMILES string of the molecule is COc1cc(C(F)(F)C(=O)C(=O)O)ccc1Br. The summed E-state index contributed by atoms with van der Waals surface area (Å²) in [5, 5.41) is 8.29. The number of methoxy groups -OCH3 is 1. The average molecular weight is 309 g/mol. The van der Waals surface area contributed by atoms with E-state index in [2.05, 4.69) is 15.9 Å². The third-order valence-corrected chi connectivity index (χ3v) is 2.65. The fourth-order valence-corrected chi connectivity index (χ4v) is 1.53. The lowest BCUT2D eigenvalue weighted by Gasteiger charge is -2.14. The van der Waals surface area contributed by atoms with E-state index < -0.39 is 23.2 Å². The Morgan fingerprint density at radius 1 is 1.41 bits per heavy atom. The fraction of sp³-hybridized carbons (Fsp3) is 0.200. The van der Waals surface area contributed by atoms with E-state index >= 15 is 0 Å². The number of carbonyl (C=O) groups excluding carboxylic acids is 1. The van der Waals surface area contributed by atoms with Crippen LogP contribution in [0.2, 0.25) is 0 Å². The van der Waals surface area contributed by atoms with E-state index in [0.29, 0.717) is 4.47 Å². The lowest BCUT2D eigenvalue weighted by Crippen LogP contribution is -2.32. The van der Waals surface area contributed by atoms with Crippen molar-refractivity contribution in [2.75, 3.05) is 7.11 Å². The van der Waals surface area contributed by atoms with Crippen molar-refractivity contribution in [3.05, 3.63) is 28.2 Å². The molecule has 1 aromatic rings. The summed E-state index contributed by atoms with van der Waals surface area (Å²) in [7, 11) is 1.26. The molecule has 0 aromatic heterocycles. The van der Waals surface area contributed by atoms with Gasteiger partial charge >= 0.3 is 17.7 Å². The molecule has 1 N–H and O–H groups in total. The molecule has 0 spiro atoms. The third-order valence-electron chi connectivity index (χ3n) is 1.99. The van der Waals surface area contributed by atoms with Crippen molar-refractivity contribution in [3.63, 3.8) is 0 Å². The number of halogens is 3. The summed E-state index contributed by atoms with van der Waals surface area (Å²) in [6.45, 7) is 0. The van der Waals surface area contributed by atoms with Crippen LogP contribution >= 0.6 is 15.9 Å². The van der Waals surface area contributed by atoms with Crippen LogP contribution in [0.4, 0.5) is 8.78 Å². The van der Waals surface area contributed by atoms with Gasteiger partial charge in [0, 0.05) is 5.56 Å². The number of carboxylic acid groups (broad SMARTS) is 1. The van der Waals surface area contributed by atoms with Crippen molar-refractivity contribution in [1.82, 2.24) is 0 Å². The highest BCUT2D eigenvalue weighted by molar-refractivity contribution is 9.10. The molecule has 0 amide bonds. The molecule has 0 heterocycles. The van der Waals surface area contributed by atoms with Gasteiger partial charge in [0.2, 0.25) is 0 Å². The number of hydrogen-bond donors (Lipinski definition) is 1. The highest BCUT2D eigenvalue weighted by Crippen LogP contribution is 2.34. The molecule has 17 heavy (non-hydrogen) atoms. The van der Waals surface area contributed by atoms with Crippen LogP contribution in [0.5, 0.6) is 5.75 Å². The molecule has 4 nitrogen and oxygen atoms in total. The Bertz CT molecular complexity index is 473. The molecule has 0 saturated heterocycles. The van der Waals surface area contributed by atoms with Gasteiger partial charge in [-0.3, -0.25) is 4.79 Å². The van der Waals surface area contributed by atoms with Crippen molar-refractivity contribution >= 4 is 27.7 Å². The van der Waals surface area contributed by atoms with Gasteiger partial charge in [-0.1, -0.05) is 6.07 Å². The highest BCUT2D eigenvalue weighted by Gasteiger charge is 2.45. The number of ether oxygens (including phenoxy) is 1. The van der Waals surface area contributed by atoms with E-state index in [1.165, 1.54) is 13.2 Å². The van der Waals surface area contributed by atoms with Gasteiger partial charge in [0.1, 0.15) is 5.75 Å². The minimum absolute atomic E-state index is 0.0837. The zero-order valence-electron chi connectivity index (χ0n) is 8.54. The van der Waals surface area contributed by atoms with Crippen LogP contribution in [-0.4, -0.2) is 24.0 Å². The molecule has 1 aromatic carbocycles. The highest BCUT2D eigenvalue weighted by atomic mass is 79.9. The molecule has 92 valence electrons. The van der Waals surface area contributed by atoms with Gasteiger partial charge in [-0.25, -0.2) is 4.79 Å². The first-order valence-corrected chi connectivity index (χ1v) is 5.09. The largest absolute Gasteiger partial charge is 0.496 e. The van der Waals surface area contributed by atoms with E-state index in [1.807, 2.05) is 0 Å². The molecule has 7 heteroatoms. The van der Waals surface area contributed by atoms with Crippen molar-refractivity contribution in [3.8, 4) is 5.75 Å². The number of benzene rings is 1. The molecule has 0 aliphatic heterocycles. The van der Waals surface area contributed by atoms with Crippen LogP contribution in [0.15, 0.2) is 22.7 Å². The molecule has 0 aliphatic carbocycles. The minimum atomic E-state index is -4.08. The normalized spacial score (nSPS) is 11.1. The van der Waals surface area contributed by atoms with E-state index in [9.17, 15) is 18.4 Å². The van der Waals surface area contributed by atoms with Crippen molar-refractivity contribution in [2.45, 2.75) is 5.92 Å². The zero-order valence-corrected chi connectivity index (χ0v) is 10.1. The number of carbonyl (C=O) groups is 2. The van der Waals surface area contributed by atoms with Gasteiger partial charge in [-0.15, -0.1) is 0 Å². The summed E-state index contributed by atoms with van der Waals surface area (Å²) < 4.78 is 32.1. The molecule has 0 bridgehead atoms. The molecule has 0 atom stereocenters. The number of ketones is 1. The van der Waals surface area contributed by atoms with E-state index in [-0.39, 0.29) is 5.75 Å². The Morgan fingerprint density at radius 2 is 2.00 bits per heavy atom. The number of hydrogen-bond acceptors (Lipinski definition) is 3. The first kappa shape index (κ1) is 13.6. The van der Waals surface area contributed by atoms with Gasteiger partial charge in [-0.05, 0) is 28.1 Å². The van der Waals surface area contributed by atoms with E-state index in [0.717, 1.165) is 12.1 Å². The standard InChI is InChI=1S/C10H7BrF2O4/c1-17-7-4-5(2-3-6(7)11)10(12,13)8(14)9(15)16/h2-4H,1H3,(H,15,16). The van der Waals surface area contributed by atoms with Crippen LogP contribution < -0.4 is 4.74 Å². The molecule has 1 rings (SSSR count). The second kappa shape index (κ2) is 4.79. The number of carboxylic acids is 1. The van der Waals surface area contributed by atoms with Crippen molar-refractivity contribution < 1.29 is 28.2 Å². The average Bonchev–Trinajstić information content (AvgIpc) is 2.28. The van der Waals surface area contributed by atoms with E-state index in [4.69, 9.17) is 9.84 Å². The predicted octanol–water partition coefficient (Wildman–Crippen LogP) is 2.20. The summed E-state index contributed by atoms with van der Waals surface area (Å²) in [4.78, 5) is 21.1. The minimum Gasteiger partial charge on any atom is -0.496 e. The Kier molecular flexibility index (Phi) is 3.82. The van der Waals surface area contributed by atoms with Crippen LogP contribution in [0.1, 0.15) is 5.56 Å². The monoisotopic (exact) mass is 308 g/mol. The molecule has 0 radical (unpaired) electrons. The summed E-state index contributed by atoms with van der Waals surface area (Å²) in [6, 6.07) is 3.11. The maximum absolute atomic E-state index is 13.4. The first-order chi connectivity index (χ1) is 7.80. The smallest absolute Gasteiger partial charge is 0.379 e. The topological polar surface area (TPSA) is 63.6 Å². The second-order valence-electron chi connectivity index (χ2n) is 3.06. The lowest BCUT2D eigenvalue weighted by atomic mass is 10.0. The van der Waals surface area contributed by atoms with E-state index in [1.54, 1.807) is 0 Å². The number of aliphatic carboxylic acids is 1. The van der Waals surface area contributed by atoms with Crippen molar-refractivity contribution in [2.24, 2.45) is 0 Å². The van der Waals surface area contributed by atoms with Gasteiger partial charge in [0.15, 0.2) is 0 Å². The van der Waals surface area contributed by atoms with Crippen molar-refractivity contribution in [1.29, 1.82) is 0 Å². The van der Waals surface area contributed by atoms with Gasteiger partial charge in [0.25, 0.3) is 0 Å². The summed E-state index contributed by atoms with van der Waals surface area (Å²) in [6.07, 6.45) is 0. The Hall–Kier alpha value is -1.50. The summed E-state index contributed by atoms with van der Waals surface area (Å²) >= 11 is 3.05. The lowest BCUT2D eigenvalue weighted by molar-refractivity contribution is -0.163. The van der Waals surface area contributed by atoms with Crippen LogP contribution in [-0.2, 0) is 15.5 Å². The molecular formula is C10H7BrF2O4. The number of rotatable bonds is 4. The molecule has 0 fully saturated rings. The van der Waals surface area contributed by atoms with Crippen LogP contribution in [0.3, 0.4) is 0 Å². The second-order valence-corrected chi connectivity index (χ2v) is 3.91.